The van der Waals surface area contributed by atoms with Gasteiger partial charge >= 0.3 is 0 Å². The first-order chi connectivity index (χ1) is 7.65. The van der Waals surface area contributed by atoms with E-state index in [1.54, 1.807) is 6.08 Å². The molecular weight excluding hydrogens is 222 g/mol. The zero-order valence-corrected chi connectivity index (χ0v) is 9.53. The van der Waals surface area contributed by atoms with Gasteiger partial charge in [-0.1, -0.05) is 29.3 Å². The molecule has 0 saturated heterocycles. The van der Waals surface area contributed by atoms with Crippen LogP contribution >= 0.6 is 11.6 Å². The number of allylic oxidation sites excluding steroid dienone is 4. The van der Waals surface area contributed by atoms with E-state index in [4.69, 9.17) is 11.6 Å². The Morgan fingerprint density at radius 3 is 2.44 bits per heavy atom. The minimum atomic E-state index is -0.104. The molecule has 2 nitrogen and oxygen atoms in total. The fourth-order valence-corrected chi connectivity index (χ4v) is 1.55. The molecule has 0 heterocycles. The number of hydrogen-bond donors (Lipinski definition) is 0. The van der Waals surface area contributed by atoms with Gasteiger partial charge < -0.3 is 0 Å². The Hall–Kier alpha value is -1.67. The lowest BCUT2D eigenvalue weighted by Crippen LogP contribution is -2.03. The van der Waals surface area contributed by atoms with E-state index in [0.29, 0.717) is 10.7 Å². The number of nitrogens with zero attached hydrogens (tertiary/aromatic N) is 1. The van der Waals surface area contributed by atoms with Gasteiger partial charge in [0.15, 0.2) is 5.78 Å². The van der Waals surface area contributed by atoms with Crippen molar-refractivity contribution in [2.24, 2.45) is 4.99 Å². The van der Waals surface area contributed by atoms with Crippen LogP contribution in [-0.2, 0) is 4.79 Å². The van der Waals surface area contributed by atoms with Crippen LogP contribution in [0.2, 0.25) is 0 Å². The molecular formula is C13H10ClNO. The summed E-state index contributed by atoms with van der Waals surface area (Å²) in [5.41, 5.74) is 2.62. The Kier molecular flexibility index (Phi) is 3.02. The highest BCUT2D eigenvalue weighted by atomic mass is 35.5. The van der Waals surface area contributed by atoms with Gasteiger partial charge in [-0.15, -0.1) is 0 Å². The molecule has 0 aliphatic heterocycles. The van der Waals surface area contributed by atoms with Crippen molar-refractivity contribution < 1.29 is 4.79 Å². The topological polar surface area (TPSA) is 29.4 Å². The van der Waals surface area contributed by atoms with Gasteiger partial charge in [0.2, 0.25) is 0 Å². The number of aliphatic imine (C=N–C) groups is 1. The van der Waals surface area contributed by atoms with Crippen LogP contribution < -0.4 is 0 Å². The Morgan fingerprint density at radius 2 is 1.81 bits per heavy atom. The summed E-state index contributed by atoms with van der Waals surface area (Å²) in [6, 6.07) is 7.79. The largest absolute Gasteiger partial charge is 0.290 e. The minimum Gasteiger partial charge on any atom is -0.290 e. The number of ketones is 1. The van der Waals surface area contributed by atoms with Gasteiger partial charge in [-0.25, -0.2) is 4.99 Å². The Morgan fingerprint density at radius 1 is 1.12 bits per heavy atom. The highest BCUT2D eigenvalue weighted by Gasteiger charge is 2.08. The Labute approximate surface area is 99.0 Å². The van der Waals surface area contributed by atoms with Gasteiger partial charge in [0.1, 0.15) is 0 Å². The summed E-state index contributed by atoms with van der Waals surface area (Å²) in [4.78, 5) is 15.4. The lowest BCUT2D eigenvalue weighted by molar-refractivity contribution is -0.110. The van der Waals surface area contributed by atoms with Gasteiger partial charge in [-0.3, -0.25) is 4.79 Å². The molecule has 0 bridgehead atoms. The molecule has 0 amide bonds. The Bertz CT molecular complexity index is 509. The van der Waals surface area contributed by atoms with Gasteiger partial charge in [0.25, 0.3) is 0 Å². The second kappa shape index (κ2) is 4.45. The van der Waals surface area contributed by atoms with Crippen LogP contribution in [0.4, 0.5) is 5.69 Å². The first kappa shape index (κ1) is 10.8. The molecule has 0 aromatic heterocycles. The molecule has 1 aromatic rings. The van der Waals surface area contributed by atoms with E-state index in [1.165, 1.54) is 17.7 Å². The third-order valence-corrected chi connectivity index (χ3v) is 2.51. The van der Waals surface area contributed by atoms with Crippen molar-refractivity contribution in [2.75, 3.05) is 0 Å². The van der Waals surface area contributed by atoms with Crippen molar-refractivity contribution in [1.82, 2.24) is 0 Å². The summed E-state index contributed by atoms with van der Waals surface area (Å²) in [7, 11) is 0. The van der Waals surface area contributed by atoms with E-state index in [-0.39, 0.29) is 5.78 Å². The van der Waals surface area contributed by atoms with E-state index in [1.807, 2.05) is 31.2 Å². The molecule has 0 spiro atoms. The van der Waals surface area contributed by atoms with E-state index < -0.39 is 0 Å². The van der Waals surface area contributed by atoms with Crippen molar-refractivity contribution in [2.45, 2.75) is 6.92 Å². The number of hydrogen-bond acceptors (Lipinski definition) is 2. The molecule has 80 valence electrons. The first-order valence-electron chi connectivity index (χ1n) is 4.90. The molecule has 1 aliphatic carbocycles. The van der Waals surface area contributed by atoms with Gasteiger partial charge in [0, 0.05) is 6.08 Å². The predicted molar refractivity (Wildman–Crippen MR) is 66.4 cm³/mol. The van der Waals surface area contributed by atoms with Crippen LogP contribution in [0.1, 0.15) is 5.56 Å². The van der Waals surface area contributed by atoms with Crippen molar-refractivity contribution in [3.8, 4) is 0 Å². The summed E-state index contributed by atoms with van der Waals surface area (Å²) in [5, 5.41) is 0.382. The molecule has 0 radical (unpaired) electrons. The summed E-state index contributed by atoms with van der Waals surface area (Å²) in [6.07, 6.45) is 4.46. The zero-order valence-electron chi connectivity index (χ0n) is 8.77. The molecule has 2 rings (SSSR count). The number of benzene rings is 1. The van der Waals surface area contributed by atoms with Crippen LogP contribution in [-0.4, -0.2) is 11.5 Å². The van der Waals surface area contributed by atoms with Crippen LogP contribution in [0.15, 0.2) is 52.5 Å². The van der Waals surface area contributed by atoms with Crippen molar-refractivity contribution in [3.05, 3.63) is 53.1 Å². The molecule has 0 fully saturated rings. The highest BCUT2D eigenvalue weighted by molar-refractivity contribution is 6.48. The SMILES string of the molecule is Cc1ccc(N=C2C=CC(=O)C=C2Cl)cc1. The quantitative estimate of drug-likeness (QED) is 0.682. The molecule has 3 heteroatoms. The zero-order chi connectivity index (χ0) is 11.5. The Balaban J connectivity index is 2.32. The minimum absolute atomic E-state index is 0.104. The average molecular weight is 232 g/mol. The van der Waals surface area contributed by atoms with E-state index in [0.717, 1.165) is 5.69 Å². The lowest BCUT2D eigenvalue weighted by atomic mass is 10.1. The van der Waals surface area contributed by atoms with Crippen molar-refractivity contribution >= 4 is 28.8 Å². The molecule has 0 atom stereocenters. The normalized spacial score (nSPS) is 17.8. The summed E-state index contributed by atoms with van der Waals surface area (Å²) in [6.45, 7) is 2.02. The second-order valence-electron chi connectivity index (χ2n) is 3.56. The van der Waals surface area contributed by atoms with E-state index >= 15 is 0 Å². The van der Waals surface area contributed by atoms with E-state index in [2.05, 4.69) is 4.99 Å². The molecule has 0 N–H and O–H groups in total. The number of carbonyl (C=O) groups is 1. The summed E-state index contributed by atoms with van der Waals surface area (Å²) >= 11 is 5.92. The van der Waals surface area contributed by atoms with Gasteiger partial charge in [-0.05, 0) is 31.2 Å². The van der Waals surface area contributed by atoms with Gasteiger partial charge in [-0.2, -0.15) is 0 Å². The number of halogens is 1. The smallest absolute Gasteiger partial charge is 0.180 e. The summed E-state index contributed by atoms with van der Waals surface area (Å²) in [5.74, 6) is -0.104. The third kappa shape index (κ3) is 2.47. The van der Waals surface area contributed by atoms with Crippen LogP contribution in [0.3, 0.4) is 0 Å². The highest BCUT2D eigenvalue weighted by Crippen LogP contribution is 2.18. The number of carbonyl (C=O) groups excluding carboxylic acids is 1. The van der Waals surface area contributed by atoms with Crippen molar-refractivity contribution in [1.29, 1.82) is 0 Å². The predicted octanol–water partition coefficient (Wildman–Crippen LogP) is 3.33. The van der Waals surface area contributed by atoms with Crippen LogP contribution in [0.5, 0.6) is 0 Å². The fourth-order valence-electron chi connectivity index (χ4n) is 1.34. The number of rotatable bonds is 1. The lowest BCUT2D eigenvalue weighted by Gasteiger charge is -2.04. The molecule has 1 aromatic carbocycles. The summed E-state index contributed by atoms with van der Waals surface area (Å²) < 4.78 is 0. The fraction of sp³-hybridized carbons (Fsp3) is 0.0769. The van der Waals surface area contributed by atoms with Crippen LogP contribution in [0.25, 0.3) is 0 Å². The molecule has 16 heavy (non-hydrogen) atoms. The van der Waals surface area contributed by atoms with Gasteiger partial charge in [0.05, 0.1) is 16.4 Å². The first-order valence-corrected chi connectivity index (χ1v) is 5.28. The maximum Gasteiger partial charge on any atom is 0.180 e. The molecule has 0 unspecified atom stereocenters. The van der Waals surface area contributed by atoms with Crippen molar-refractivity contribution in [3.63, 3.8) is 0 Å². The van der Waals surface area contributed by atoms with Crippen LogP contribution in [0, 0.1) is 6.92 Å². The number of aryl methyl sites for hydroxylation is 1. The van der Waals surface area contributed by atoms with E-state index in [9.17, 15) is 4.79 Å². The second-order valence-corrected chi connectivity index (χ2v) is 3.97. The molecule has 1 aliphatic rings. The average Bonchev–Trinajstić information content (AvgIpc) is 2.25. The monoisotopic (exact) mass is 231 g/mol. The molecule has 0 saturated carbocycles. The third-order valence-electron chi connectivity index (χ3n) is 2.20. The maximum atomic E-state index is 11.0. The maximum absolute atomic E-state index is 11.0. The standard InChI is InChI=1S/C13H10ClNO/c1-9-2-4-10(5-3-9)15-13-7-6-11(16)8-12(13)14/h2-8H,1H3.